The summed E-state index contributed by atoms with van der Waals surface area (Å²) in [4.78, 5) is 0. The van der Waals surface area contributed by atoms with Gasteiger partial charge in [0, 0.05) is 32.9 Å². The zero-order chi connectivity index (χ0) is 43.7. The van der Waals surface area contributed by atoms with Crippen molar-refractivity contribution in [1.82, 2.24) is 9.13 Å². The first-order chi connectivity index (χ1) is 32.6. The maximum atomic E-state index is 2.51. The largest absolute Gasteiger partial charge is 0.309 e. The lowest BCUT2D eigenvalue weighted by Gasteiger charge is -2.25. The van der Waals surface area contributed by atoms with Crippen LogP contribution in [0.15, 0.2) is 237 Å². The van der Waals surface area contributed by atoms with Crippen molar-refractivity contribution < 1.29 is 0 Å². The zero-order valence-corrected chi connectivity index (χ0v) is 36.8. The average Bonchev–Trinajstić information content (AvgIpc) is 3.86. The molecule has 0 spiro atoms. The van der Waals surface area contributed by atoms with Gasteiger partial charge in [0.15, 0.2) is 0 Å². The monoisotopic (exact) mass is 842 g/mol. The molecule has 1 aliphatic carbocycles. The van der Waals surface area contributed by atoms with E-state index in [0.29, 0.717) is 0 Å². The lowest BCUT2D eigenvalue weighted by Crippen LogP contribution is -2.10. The van der Waals surface area contributed by atoms with Crippen LogP contribution in [0.2, 0.25) is 0 Å². The molecular weight excluding hydrogens is 797 g/mol. The van der Waals surface area contributed by atoms with Gasteiger partial charge in [-0.15, -0.1) is 0 Å². The quantitative estimate of drug-likeness (QED) is 0.158. The van der Waals surface area contributed by atoms with Crippen LogP contribution in [0.1, 0.15) is 35.4 Å². The zero-order valence-electron chi connectivity index (χ0n) is 36.8. The van der Waals surface area contributed by atoms with Gasteiger partial charge in [-0.2, -0.15) is 0 Å². The summed E-state index contributed by atoms with van der Waals surface area (Å²) in [6, 6.07) is 87.8. The molecule has 0 amide bonds. The lowest BCUT2D eigenvalue weighted by molar-refractivity contribution is 0.580. The molecule has 0 saturated heterocycles. The fourth-order valence-corrected chi connectivity index (χ4v) is 11.2. The minimum Gasteiger partial charge on any atom is -0.309 e. The molecular formula is C64H46N2. The second-order valence-electron chi connectivity index (χ2n) is 18.1. The predicted octanol–water partition coefficient (Wildman–Crippen LogP) is 17.0. The molecule has 13 rings (SSSR count). The van der Waals surface area contributed by atoms with E-state index in [9.17, 15) is 0 Å². The van der Waals surface area contributed by atoms with Crippen LogP contribution in [0, 0.1) is 0 Å². The van der Waals surface area contributed by atoms with Crippen molar-refractivity contribution in [1.29, 1.82) is 0 Å². The van der Waals surface area contributed by atoms with E-state index in [1.54, 1.807) is 0 Å². The van der Waals surface area contributed by atoms with Crippen LogP contribution in [0.3, 0.4) is 0 Å². The van der Waals surface area contributed by atoms with Gasteiger partial charge in [0.2, 0.25) is 0 Å². The van der Waals surface area contributed by atoms with Crippen molar-refractivity contribution >= 4 is 43.6 Å². The molecule has 1 aliphatic rings. The molecule has 2 nitrogen and oxygen atoms in total. The summed E-state index contributed by atoms with van der Waals surface area (Å²) in [6.45, 7) is 2.47. The summed E-state index contributed by atoms with van der Waals surface area (Å²) in [6.07, 6.45) is 0.945. The van der Waals surface area contributed by atoms with E-state index in [4.69, 9.17) is 0 Å². The third-order valence-electron chi connectivity index (χ3n) is 14.5. The SMILES string of the molecule is CC1c2cc(-c3ccc4c5cc(-c6ccccc6)ccc5n(-c5ccccc5)c4c3)ccc2-c2cc(-c3ccccc3)ccc2CC1c1ccc2c3ccccc3n(-c3ccccc3)c2c1. The van der Waals surface area contributed by atoms with Gasteiger partial charge < -0.3 is 9.13 Å². The summed E-state index contributed by atoms with van der Waals surface area (Å²) in [7, 11) is 0. The normalized spacial score (nSPS) is 14.7. The molecule has 0 saturated carbocycles. The van der Waals surface area contributed by atoms with Gasteiger partial charge in [-0.05, 0) is 140 Å². The second kappa shape index (κ2) is 15.5. The van der Waals surface area contributed by atoms with E-state index in [0.717, 1.165) is 12.1 Å². The Hall–Kier alpha value is -8.20. The van der Waals surface area contributed by atoms with Gasteiger partial charge in [-0.1, -0.05) is 183 Å². The number of rotatable bonds is 6. The fraction of sp³-hybridized carbons (Fsp3) is 0.0625. The average molecular weight is 843 g/mol. The summed E-state index contributed by atoms with van der Waals surface area (Å²) in [5.74, 6) is 0.479. The van der Waals surface area contributed by atoms with Crippen LogP contribution in [-0.4, -0.2) is 9.13 Å². The highest BCUT2D eigenvalue weighted by Crippen LogP contribution is 2.48. The maximum Gasteiger partial charge on any atom is 0.0547 e. The molecule has 66 heavy (non-hydrogen) atoms. The first-order valence-corrected chi connectivity index (χ1v) is 23.3. The number of nitrogens with zero attached hydrogens (tertiary/aromatic N) is 2. The predicted molar refractivity (Wildman–Crippen MR) is 278 cm³/mol. The Balaban J connectivity index is 0.992. The number of fused-ring (bicyclic) bond motifs is 9. The summed E-state index contributed by atoms with van der Waals surface area (Å²) < 4.78 is 4.90. The summed E-state index contributed by atoms with van der Waals surface area (Å²) >= 11 is 0. The molecule has 10 aromatic carbocycles. The van der Waals surface area contributed by atoms with Gasteiger partial charge in [0.25, 0.3) is 0 Å². The Morgan fingerprint density at radius 3 is 1.55 bits per heavy atom. The van der Waals surface area contributed by atoms with Crippen LogP contribution < -0.4 is 0 Å². The van der Waals surface area contributed by atoms with E-state index in [1.165, 1.54) is 110 Å². The number of hydrogen-bond donors (Lipinski definition) is 0. The molecule has 0 aliphatic heterocycles. The standard InChI is InChI=1S/C64H46N2/c1-42-57(50-30-34-55-54-24-14-15-25-61(54)65(64(55)41-50)51-20-10-4-11-21-51)39-49-27-26-45(43-16-6-2-7-17-43)37-59(49)53-32-28-47(36-58(42)53)48-29-33-56-60-38-46(44-18-8-3-9-19-44)31-35-62(60)66(63(56)40-48)52-22-12-5-13-23-52/h2-38,40-42,57H,39H2,1H3. The highest BCUT2D eigenvalue weighted by molar-refractivity contribution is 6.12. The minimum absolute atomic E-state index is 0.232. The molecule has 2 aromatic heterocycles. The van der Waals surface area contributed by atoms with E-state index >= 15 is 0 Å². The van der Waals surface area contributed by atoms with Gasteiger partial charge in [0.1, 0.15) is 0 Å². The van der Waals surface area contributed by atoms with Crippen molar-refractivity contribution in [2.24, 2.45) is 0 Å². The van der Waals surface area contributed by atoms with Crippen LogP contribution in [0.25, 0.3) is 99.5 Å². The van der Waals surface area contributed by atoms with Crippen molar-refractivity contribution in [3.8, 4) is 55.9 Å². The maximum absolute atomic E-state index is 2.51. The number of benzene rings is 10. The molecule has 0 N–H and O–H groups in total. The number of hydrogen-bond acceptors (Lipinski definition) is 0. The number of para-hydroxylation sites is 3. The van der Waals surface area contributed by atoms with Crippen LogP contribution in [-0.2, 0) is 6.42 Å². The van der Waals surface area contributed by atoms with E-state index in [2.05, 4.69) is 253 Å². The minimum atomic E-state index is 0.232. The Bertz CT molecular complexity index is 3780. The fourth-order valence-electron chi connectivity index (χ4n) is 11.2. The van der Waals surface area contributed by atoms with E-state index < -0.39 is 0 Å². The van der Waals surface area contributed by atoms with Crippen molar-refractivity contribution in [2.75, 3.05) is 0 Å². The third kappa shape index (κ3) is 6.25. The van der Waals surface area contributed by atoms with Crippen LogP contribution in [0.5, 0.6) is 0 Å². The smallest absolute Gasteiger partial charge is 0.0547 e. The molecule has 0 radical (unpaired) electrons. The van der Waals surface area contributed by atoms with Crippen molar-refractivity contribution in [3.05, 3.63) is 253 Å². The Kier molecular flexibility index (Phi) is 8.99. The molecule has 2 atom stereocenters. The highest BCUT2D eigenvalue weighted by atomic mass is 15.0. The van der Waals surface area contributed by atoms with Crippen molar-refractivity contribution in [2.45, 2.75) is 25.2 Å². The molecule has 12 aromatic rings. The summed E-state index contributed by atoms with van der Waals surface area (Å²) in [5.41, 5.74) is 21.5. The lowest BCUT2D eigenvalue weighted by atomic mass is 9.79. The number of aromatic nitrogens is 2. The van der Waals surface area contributed by atoms with Crippen LogP contribution in [0.4, 0.5) is 0 Å². The van der Waals surface area contributed by atoms with E-state index in [-0.39, 0.29) is 11.8 Å². The van der Waals surface area contributed by atoms with E-state index in [1.807, 2.05) is 0 Å². The molecule has 2 heterocycles. The highest BCUT2D eigenvalue weighted by Gasteiger charge is 2.30. The van der Waals surface area contributed by atoms with Gasteiger partial charge >= 0.3 is 0 Å². The van der Waals surface area contributed by atoms with Gasteiger partial charge in [0.05, 0.1) is 22.1 Å². The third-order valence-corrected chi connectivity index (χ3v) is 14.5. The van der Waals surface area contributed by atoms with Gasteiger partial charge in [-0.25, -0.2) is 0 Å². The molecule has 312 valence electrons. The topological polar surface area (TPSA) is 9.86 Å². The van der Waals surface area contributed by atoms with Crippen molar-refractivity contribution in [3.63, 3.8) is 0 Å². The molecule has 2 heteroatoms. The Labute approximate surface area is 385 Å². The van der Waals surface area contributed by atoms with Gasteiger partial charge in [-0.3, -0.25) is 0 Å². The first kappa shape index (κ1) is 38.3. The molecule has 2 unspecified atom stereocenters. The second-order valence-corrected chi connectivity index (χ2v) is 18.1. The Morgan fingerprint density at radius 1 is 0.333 bits per heavy atom. The first-order valence-electron chi connectivity index (χ1n) is 23.3. The molecule has 0 bridgehead atoms. The Morgan fingerprint density at radius 2 is 0.833 bits per heavy atom. The van der Waals surface area contributed by atoms with Crippen LogP contribution >= 0.6 is 0 Å². The summed E-state index contributed by atoms with van der Waals surface area (Å²) in [5, 5.41) is 5.08. The molecule has 0 fully saturated rings.